The predicted molar refractivity (Wildman–Crippen MR) is 110 cm³/mol. The monoisotopic (exact) mass is 471 g/mol. The van der Waals surface area contributed by atoms with Gasteiger partial charge in [0.25, 0.3) is 11.8 Å². The Morgan fingerprint density at radius 1 is 1.06 bits per heavy atom. The van der Waals surface area contributed by atoms with Gasteiger partial charge in [0.05, 0.1) is 11.6 Å². The van der Waals surface area contributed by atoms with E-state index in [-0.39, 0.29) is 5.75 Å². The first-order chi connectivity index (χ1) is 15.0. The SMILES string of the molecule is CC(NS(=O)(=O)C=Cc1ccccc1)C(=O)NNC(=O)COc1cccc(C(F)(F)F)c1. The second kappa shape index (κ2) is 10.8. The molecule has 2 aromatic rings. The van der Waals surface area contributed by atoms with Crippen LogP contribution in [0.2, 0.25) is 0 Å². The van der Waals surface area contributed by atoms with Gasteiger partial charge in [0.1, 0.15) is 5.75 Å². The van der Waals surface area contributed by atoms with Crippen LogP contribution in [0.15, 0.2) is 60.0 Å². The molecule has 0 radical (unpaired) electrons. The van der Waals surface area contributed by atoms with Crippen molar-refractivity contribution >= 4 is 27.9 Å². The van der Waals surface area contributed by atoms with Crippen LogP contribution >= 0.6 is 0 Å². The van der Waals surface area contributed by atoms with Crippen LogP contribution in [-0.4, -0.2) is 32.9 Å². The Balaban J connectivity index is 1.80. The number of hydrogen-bond acceptors (Lipinski definition) is 5. The number of ether oxygens (including phenoxy) is 1. The number of rotatable bonds is 8. The highest BCUT2D eigenvalue weighted by molar-refractivity contribution is 7.92. The average molecular weight is 471 g/mol. The van der Waals surface area contributed by atoms with Gasteiger partial charge in [0, 0.05) is 5.41 Å². The first-order valence-electron chi connectivity index (χ1n) is 9.10. The number of nitrogens with one attached hydrogen (secondary N) is 3. The molecule has 0 aromatic heterocycles. The van der Waals surface area contributed by atoms with E-state index in [2.05, 4.69) is 4.72 Å². The van der Waals surface area contributed by atoms with Crippen molar-refractivity contribution in [2.75, 3.05) is 6.61 Å². The Bertz CT molecular complexity index is 1070. The topological polar surface area (TPSA) is 114 Å². The van der Waals surface area contributed by atoms with Crippen molar-refractivity contribution in [3.63, 3.8) is 0 Å². The van der Waals surface area contributed by atoms with Crippen molar-refractivity contribution in [1.29, 1.82) is 0 Å². The number of benzene rings is 2. The van der Waals surface area contributed by atoms with Crippen LogP contribution in [0.25, 0.3) is 6.08 Å². The Hall–Kier alpha value is -3.38. The van der Waals surface area contributed by atoms with E-state index in [0.29, 0.717) is 5.56 Å². The Kier molecular flexibility index (Phi) is 8.38. The molecule has 0 aliphatic rings. The summed E-state index contributed by atoms with van der Waals surface area (Å²) in [6.07, 6.45) is -3.21. The minimum Gasteiger partial charge on any atom is -0.484 e. The third-order valence-corrected chi connectivity index (χ3v) is 5.01. The van der Waals surface area contributed by atoms with Gasteiger partial charge in [0.2, 0.25) is 10.0 Å². The molecule has 172 valence electrons. The van der Waals surface area contributed by atoms with Crippen LogP contribution in [0, 0.1) is 0 Å². The first kappa shape index (κ1) is 24.9. The van der Waals surface area contributed by atoms with E-state index in [0.717, 1.165) is 23.6 Å². The average Bonchev–Trinajstić information content (AvgIpc) is 2.74. The van der Waals surface area contributed by atoms with Gasteiger partial charge in [-0.1, -0.05) is 36.4 Å². The minimum absolute atomic E-state index is 0.187. The lowest BCUT2D eigenvalue weighted by atomic mass is 10.2. The molecule has 0 heterocycles. The summed E-state index contributed by atoms with van der Waals surface area (Å²) in [6, 6.07) is 11.3. The highest BCUT2D eigenvalue weighted by Crippen LogP contribution is 2.31. The quantitative estimate of drug-likeness (QED) is 0.511. The van der Waals surface area contributed by atoms with E-state index < -0.39 is 46.2 Å². The molecule has 0 saturated heterocycles. The van der Waals surface area contributed by atoms with Gasteiger partial charge < -0.3 is 4.74 Å². The van der Waals surface area contributed by atoms with Crippen LogP contribution in [-0.2, 0) is 25.8 Å². The lowest BCUT2D eigenvalue weighted by Gasteiger charge is -2.14. The second-order valence-electron chi connectivity index (χ2n) is 6.45. The van der Waals surface area contributed by atoms with E-state index in [4.69, 9.17) is 4.74 Å². The summed E-state index contributed by atoms with van der Waals surface area (Å²) in [5, 5.41) is 0.896. The van der Waals surface area contributed by atoms with Crippen LogP contribution in [0.5, 0.6) is 5.75 Å². The predicted octanol–water partition coefficient (Wildman–Crippen LogP) is 2.21. The summed E-state index contributed by atoms with van der Waals surface area (Å²) in [5.41, 5.74) is 3.69. The second-order valence-corrected chi connectivity index (χ2v) is 8.05. The Morgan fingerprint density at radius 3 is 2.41 bits per heavy atom. The van der Waals surface area contributed by atoms with Crippen molar-refractivity contribution in [2.45, 2.75) is 19.1 Å². The van der Waals surface area contributed by atoms with Gasteiger partial charge in [0.15, 0.2) is 6.61 Å². The summed E-state index contributed by atoms with van der Waals surface area (Å²) < 4.78 is 69.2. The van der Waals surface area contributed by atoms with Gasteiger partial charge in [-0.05, 0) is 36.8 Å². The lowest BCUT2D eigenvalue weighted by molar-refractivity contribution is -0.137. The van der Waals surface area contributed by atoms with E-state index in [1.807, 2.05) is 10.9 Å². The van der Waals surface area contributed by atoms with Gasteiger partial charge in [-0.25, -0.2) is 8.42 Å². The van der Waals surface area contributed by atoms with E-state index in [1.165, 1.54) is 19.1 Å². The molecule has 1 atom stereocenters. The number of carbonyl (C=O) groups excluding carboxylic acids is 2. The molecule has 2 rings (SSSR count). The first-order valence-corrected chi connectivity index (χ1v) is 10.6. The van der Waals surface area contributed by atoms with Gasteiger partial charge in [-0.2, -0.15) is 17.9 Å². The number of halogens is 3. The van der Waals surface area contributed by atoms with Crippen molar-refractivity contribution in [1.82, 2.24) is 15.6 Å². The summed E-state index contributed by atoms with van der Waals surface area (Å²) in [7, 11) is -3.95. The molecule has 2 aromatic carbocycles. The summed E-state index contributed by atoms with van der Waals surface area (Å²) in [4.78, 5) is 23.7. The van der Waals surface area contributed by atoms with Crippen molar-refractivity contribution in [3.05, 3.63) is 71.1 Å². The maximum atomic E-state index is 12.7. The minimum atomic E-state index is -4.56. The molecule has 0 aliphatic carbocycles. The van der Waals surface area contributed by atoms with Crippen molar-refractivity contribution in [2.24, 2.45) is 0 Å². The highest BCUT2D eigenvalue weighted by Gasteiger charge is 2.30. The molecular formula is C20H20F3N3O5S. The zero-order chi connectivity index (χ0) is 23.8. The highest BCUT2D eigenvalue weighted by atomic mass is 32.2. The number of hydrogen-bond donors (Lipinski definition) is 3. The zero-order valence-electron chi connectivity index (χ0n) is 16.7. The molecule has 0 bridgehead atoms. The third kappa shape index (κ3) is 8.40. The summed E-state index contributed by atoms with van der Waals surface area (Å²) >= 11 is 0. The molecule has 2 amide bonds. The summed E-state index contributed by atoms with van der Waals surface area (Å²) in [6.45, 7) is 0.579. The van der Waals surface area contributed by atoms with Gasteiger partial charge in [-0.3, -0.25) is 20.4 Å². The summed E-state index contributed by atoms with van der Waals surface area (Å²) in [5.74, 6) is -1.92. The van der Waals surface area contributed by atoms with E-state index >= 15 is 0 Å². The maximum absolute atomic E-state index is 12.7. The maximum Gasteiger partial charge on any atom is 0.416 e. The number of carbonyl (C=O) groups is 2. The molecule has 12 heteroatoms. The molecular weight excluding hydrogens is 451 g/mol. The van der Waals surface area contributed by atoms with Gasteiger partial charge in [-0.15, -0.1) is 0 Å². The molecule has 8 nitrogen and oxygen atoms in total. The number of hydrazine groups is 1. The van der Waals surface area contributed by atoms with E-state index in [9.17, 15) is 31.2 Å². The molecule has 3 N–H and O–H groups in total. The normalized spacial score (nSPS) is 12.9. The Morgan fingerprint density at radius 2 is 1.75 bits per heavy atom. The number of sulfonamides is 1. The molecule has 0 spiro atoms. The Labute approximate surface area is 182 Å². The van der Waals surface area contributed by atoms with Crippen molar-refractivity contribution in [3.8, 4) is 5.75 Å². The largest absolute Gasteiger partial charge is 0.484 e. The fraction of sp³-hybridized carbons (Fsp3) is 0.200. The third-order valence-electron chi connectivity index (χ3n) is 3.83. The number of alkyl halides is 3. The van der Waals surface area contributed by atoms with Crippen LogP contribution in [0.4, 0.5) is 13.2 Å². The standard InChI is InChI=1S/C20H20F3N3O5S/c1-14(26-32(29,30)11-10-15-6-3-2-4-7-15)19(28)25-24-18(27)13-31-17-9-5-8-16(12-17)20(21,22)23/h2-12,14,26H,13H2,1H3,(H,24,27)(H,25,28). The molecule has 1 unspecified atom stereocenters. The molecule has 0 aliphatic heterocycles. The lowest BCUT2D eigenvalue weighted by Crippen LogP contribution is -2.51. The molecule has 0 saturated carbocycles. The number of amides is 2. The van der Waals surface area contributed by atoms with Crippen LogP contribution < -0.4 is 20.3 Å². The van der Waals surface area contributed by atoms with Crippen molar-refractivity contribution < 1.29 is 35.9 Å². The fourth-order valence-electron chi connectivity index (χ4n) is 2.26. The smallest absolute Gasteiger partial charge is 0.416 e. The zero-order valence-corrected chi connectivity index (χ0v) is 17.5. The van der Waals surface area contributed by atoms with E-state index in [1.54, 1.807) is 30.3 Å². The van der Waals surface area contributed by atoms with Crippen LogP contribution in [0.3, 0.4) is 0 Å². The van der Waals surface area contributed by atoms with Crippen LogP contribution in [0.1, 0.15) is 18.1 Å². The molecule has 32 heavy (non-hydrogen) atoms. The fourth-order valence-corrected chi connectivity index (χ4v) is 3.27. The van der Waals surface area contributed by atoms with Gasteiger partial charge >= 0.3 is 6.18 Å². The molecule has 0 fully saturated rings.